The predicted octanol–water partition coefficient (Wildman–Crippen LogP) is 6.01. The molecule has 6 nitrogen and oxygen atoms in total. The minimum atomic E-state index is -1.02. The number of rotatable bonds is 7. The summed E-state index contributed by atoms with van der Waals surface area (Å²) in [6, 6.07) is 15.4. The molecule has 0 radical (unpaired) electrons. The lowest BCUT2D eigenvalue weighted by Crippen LogP contribution is -2.52. The number of nitrogens with zero attached hydrogens (tertiary/aromatic N) is 1. The highest BCUT2D eigenvalue weighted by Gasteiger charge is 2.51. The number of ether oxygens (including phenoxy) is 2. The highest BCUT2D eigenvalue weighted by Crippen LogP contribution is 2.50. The van der Waals surface area contributed by atoms with E-state index in [9.17, 15) is 18.0 Å². The summed E-state index contributed by atoms with van der Waals surface area (Å²) >= 11 is 0. The molecule has 0 aromatic heterocycles. The second-order valence-electron chi connectivity index (χ2n) is 10.3. The number of nitrogens with one attached hydrogen (secondary N) is 2. The molecule has 2 fully saturated rings. The molecule has 206 valence electrons. The maximum Gasteiger partial charge on any atom is 0.319 e. The molecule has 2 N–H and O–H groups in total. The van der Waals surface area contributed by atoms with Gasteiger partial charge >= 0.3 is 6.03 Å². The van der Waals surface area contributed by atoms with Crippen molar-refractivity contribution in [3.8, 4) is 11.5 Å². The van der Waals surface area contributed by atoms with E-state index in [-0.39, 0.29) is 29.0 Å². The van der Waals surface area contributed by atoms with Gasteiger partial charge in [-0.1, -0.05) is 18.2 Å². The van der Waals surface area contributed by atoms with Crippen molar-refractivity contribution < 1.29 is 27.4 Å². The molecule has 2 aliphatic rings. The van der Waals surface area contributed by atoms with Crippen LogP contribution in [0.1, 0.15) is 36.8 Å². The summed E-state index contributed by atoms with van der Waals surface area (Å²) < 4.78 is 51.5. The van der Waals surface area contributed by atoms with Crippen molar-refractivity contribution in [2.24, 2.45) is 0 Å². The molecule has 1 heterocycles. The number of fused-ring (bicyclic) bond motifs is 1. The highest BCUT2D eigenvalue weighted by molar-refractivity contribution is 5.89. The molecular weight excluding hydrogens is 507 g/mol. The number of hydrogen-bond donors (Lipinski definition) is 2. The fourth-order valence-electron chi connectivity index (χ4n) is 6.20. The summed E-state index contributed by atoms with van der Waals surface area (Å²) in [4.78, 5) is 15.2. The van der Waals surface area contributed by atoms with Crippen LogP contribution < -0.4 is 20.1 Å². The summed E-state index contributed by atoms with van der Waals surface area (Å²) in [7, 11) is 3.24. The SMILES string of the molecule is COc1ccc([C@@]23CC[C@@H](NC(=O)Nc4ccc(F)c(F)c4)C[C@@H]2N(Cc2ccc(F)cc2)CC3)cc1OC. The lowest BCUT2D eigenvalue weighted by Gasteiger charge is -2.45. The van der Waals surface area contributed by atoms with Gasteiger partial charge in [-0.25, -0.2) is 18.0 Å². The Morgan fingerprint density at radius 3 is 2.44 bits per heavy atom. The van der Waals surface area contributed by atoms with E-state index in [0.717, 1.165) is 49.1 Å². The van der Waals surface area contributed by atoms with Crippen LogP contribution in [0.15, 0.2) is 60.7 Å². The van der Waals surface area contributed by atoms with E-state index in [1.165, 1.54) is 18.2 Å². The molecule has 2 amide bonds. The molecule has 1 aliphatic carbocycles. The molecule has 39 heavy (non-hydrogen) atoms. The second kappa shape index (κ2) is 11.2. The van der Waals surface area contributed by atoms with Crippen molar-refractivity contribution >= 4 is 11.7 Å². The highest BCUT2D eigenvalue weighted by atomic mass is 19.2. The van der Waals surface area contributed by atoms with E-state index in [1.807, 2.05) is 6.07 Å². The van der Waals surface area contributed by atoms with E-state index in [4.69, 9.17) is 9.47 Å². The summed E-state index contributed by atoms with van der Waals surface area (Å²) in [6.45, 7) is 1.51. The van der Waals surface area contributed by atoms with Crippen molar-refractivity contribution in [1.29, 1.82) is 0 Å². The topological polar surface area (TPSA) is 62.8 Å². The standard InChI is InChI=1S/C30H32F3N3O3/c1-38-26-10-5-20(15-27(26)39-2)30-12-11-23(35-29(37)34-22-8-9-24(32)25(33)16-22)17-28(30)36(14-13-30)18-19-3-6-21(31)7-4-19/h3-10,15-16,23,28H,11-14,17-18H2,1-2H3,(H2,34,35,37)/t23-,28+,30+/m1/s1. The number of carbonyl (C=O) groups excluding carboxylic acids is 1. The minimum Gasteiger partial charge on any atom is -0.493 e. The van der Waals surface area contributed by atoms with Crippen LogP contribution in [0.25, 0.3) is 0 Å². The van der Waals surface area contributed by atoms with E-state index in [1.54, 1.807) is 26.4 Å². The largest absolute Gasteiger partial charge is 0.493 e. The van der Waals surface area contributed by atoms with Gasteiger partial charge in [0, 0.05) is 35.8 Å². The monoisotopic (exact) mass is 539 g/mol. The maximum atomic E-state index is 13.6. The minimum absolute atomic E-state index is 0.1000. The molecule has 3 aromatic carbocycles. The fourth-order valence-corrected chi connectivity index (χ4v) is 6.20. The Balaban J connectivity index is 1.38. The molecule has 1 saturated carbocycles. The molecule has 3 aromatic rings. The Hall–Kier alpha value is -3.72. The van der Waals surface area contributed by atoms with E-state index < -0.39 is 17.7 Å². The van der Waals surface area contributed by atoms with Crippen molar-refractivity contribution in [3.05, 3.63) is 89.2 Å². The first-order valence-electron chi connectivity index (χ1n) is 13.0. The van der Waals surface area contributed by atoms with Crippen LogP contribution in [0.4, 0.5) is 23.7 Å². The van der Waals surface area contributed by atoms with Gasteiger partial charge in [-0.2, -0.15) is 0 Å². The number of methoxy groups -OCH3 is 2. The molecule has 9 heteroatoms. The van der Waals surface area contributed by atoms with Gasteiger partial charge in [0.25, 0.3) is 0 Å². The van der Waals surface area contributed by atoms with Crippen molar-refractivity contribution in [2.75, 3.05) is 26.1 Å². The summed E-state index contributed by atoms with van der Waals surface area (Å²) in [6.07, 6.45) is 3.21. The number of urea groups is 1. The number of carbonyl (C=O) groups is 1. The number of anilines is 1. The van der Waals surface area contributed by atoms with Gasteiger partial charge in [0.05, 0.1) is 14.2 Å². The van der Waals surface area contributed by atoms with E-state index >= 15 is 0 Å². The molecule has 5 rings (SSSR count). The number of benzene rings is 3. The zero-order chi connectivity index (χ0) is 27.6. The van der Waals surface area contributed by atoms with Crippen LogP contribution in [0.5, 0.6) is 11.5 Å². The Morgan fingerprint density at radius 1 is 0.949 bits per heavy atom. The van der Waals surface area contributed by atoms with Crippen LogP contribution in [0.3, 0.4) is 0 Å². The zero-order valence-corrected chi connectivity index (χ0v) is 22.0. The number of likely N-dealkylation sites (tertiary alicyclic amines) is 1. The molecule has 0 bridgehead atoms. The van der Waals surface area contributed by atoms with Gasteiger partial charge in [0.2, 0.25) is 0 Å². The Kier molecular flexibility index (Phi) is 7.70. The van der Waals surface area contributed by atoms with Gasteiger partial charge in [-0.3, -0.25) is 4.90 Å². The van der Waals surface area contributed by atoms with Crippen LogP contribution in [-0.4, -0.2) is 43.8 Å². The van der Waals surface area contributed by atoms with Gasteiger partial charge in [-0.05, 0) is 79.8 Å². The quantitative estimate of drug-likeness (QED) is 0.386. The van der Waals surface area contributed by atoms with E-state index in [2.05, 4.69) is 27.7 Å². The Labute approximate surface area is 226 Å². The molecule has 0 spiro atoms. The van der Waals surface area contributed by atoms with Crippen LogP contribution >= 0.6 is 0 Å². The number of halogens is 3. The van der Waals surface area contributed by atoms with Gasteiger partial charge < -0.3 is 20.1 Å². The van der Waals surface area contributed by atoms with Crippen molar-refractivity contribution in [2.45, 2.75) is 49.7 Å². The molecule has 3 atom stereocenters. The first kappa shape index (κ1) is 26.9. The van der Waals surface area contributed by atoms with Crippen molar-refractivity contribution in [3.63, 3.8) is 0 Å². The average molecular weight is 540 g/mol. The van der Waals surface area contributed by atoms with Crippen molar-refractivity contribution in [1.82, 2.24) is 10.2 Å². The summed E-state index contributed by atoms with van der Waals surface area (Å²) in [5, 5.41) is 5.63. The molecule has 0 unspecified atom stereocenters. The normalized spacial score (nSPS) is 22.7. The predicted molar refractivity (Wildman–Crippen MR) is 143 cm³/mol. The molecule has 1 aliphatic heterocycles. The fraction of sp³-hybridized carbons (Fsp3) is 0.367. The van der Waals surface area contributed by atoms with Gasteiger partial charge in [0.1, 0.15) is 5.82 Å². The number of amides is 2. The first-order valence-corrected chi connectivity index (χ1v) is 13.0. The average Bonchev–Trinajstić information content (AvgIpc) is 3.30. The van der Waals surface area contributed by atoms with Crippen LogP contribution in [0, 0.1) is 17.5 Å². The third-order valence-electron chi connectivity index (χ3n) is 8.14. The van der Waals surface area contributed by atoms with E-state index in [0.29, 0.717) is 24.5 Å². The molecule has 1 saturated heterocycles. The third kappa shape index (κ3) is 5.54. The van der Waals surface area contributed by atoms with Crippen LogP contribution in [-0.2, 0) is 12.0 Å². The zero-order valence-electron chi connectivity index (χ0n) is 22.0. The Bertz CT molecular complexity index is 1340. The smallest absolute Gasteiger partial charge is 0.319 e. The van der Waals surface area contributed by atoms with Crippen LogP contribution in [0.2, 0.25) is 0 Å². The van der Waals surface area contributed by atoms with Gasteiger partial charge in [0.15, 0.2) is 23.1 Å². The summed E-state index contributed by atoms with van der Waals surface area (Å²) in [5.74, 6) is -0.922. The molecular formula is C30H32F3N3O3. The first-order chi connectivity index (χ1) is 18.8. The van der Waals surface area contributed by atoms with Gasteiger partial charge in [-0.15, -0.1) is 0 Å². The number of hydrogen-bond acceptors (Lipinski definition) is 4. The lowest BCUT2D eigenvalue weighted by atomic mass is 9.65. The maximum absolute atomic E-state index is 13.6. The summed E-state index contributed by atoms with van der Waals surface area (Å²) in [5.41, 5.74) is 2.21. The third-order valence-corrected chi connectivity index (χ3v) is 8.14. The second-order valence-corrected chi connectivity index (χ2v) is 10.3. The lowest BCUT2D eigenvalue weighted by molar-refractivity contribution is 0.131. The Morgan fingerprint density at radius 2 is 1.72 bits per heavy atom.